The van der Waals surface area contributed by atoms with Crippen LogP contribution in [0.5, 0.6) is 0 Å². The normalized spacial score (nSPS) is 17.8. The van der Waals surface area contributed by atoms with Crippen molar-refractivity contribution < 1.29 is 9.53 Å². The summed E-state index contributed by atoms with van der Waals surface area (Å²) in [5.74, 6) is 0. The van der Waals surface area contributed by atoms with Gasteiger partial charge in [0.1, 0.15) is 0 Å². The monoisotopic (exact) mass is 290 g/mol. The highest BCUT2D eigenvalue weighted by Gasteiger charge is 2.37. The van der Waals surface area contributed by atoms with Gasteiger partial charge >= 0.3 is 0 Å². The molecular formula is C12H22O2S2Si. The quantitative estimate of drug-likeness (QED) is 0.622. The third-order valence-corrected chi connectivity index (χ3v) is 10.3. The van der Waals surface area contributed by atoms with E-state index in [0.717, 1.165) is 4.91 Å². The molecule has 5 heteroatoms. The van der Waals surface area contributed by atoms with E-state index in [0.29, 0.717) is 6.61 Å². The summed E-state index contributed by atoms with van der Waals surface area (Å²) in [6.07, 6.45) is 4.03. The Bertz CT molecular complexity index is 330. The number of aliphatic hydroxyl groups is 1. The molecule has 98 valence electrons. The zero-order valence-electron chi connectivity index (χ0n) is 11.2. The molecule has 2 nitrogen and oxygen atoms in total. The van der Waals surface area contributed by atoms with E-state index in [1.54, 1.807) is 21.6 Å². The number of rotatable bonds is 4. The zero-order valence-corrected chi connectivity index (χ0v) is 13.9. The molecule has 0 spiro atoms. The number of hydrogen-bond donors (Lipinski definition) is 1. The number of hydrogen-bond acceptors (Lipinski definition) is 4. The van der Waals surface area contributed by atoms with Crippen molar-refractivity contribution in [3.63, 3.8) is 0 Å². The second kappa shape index (κ2) is 5.97. The molecule has 17 heavy (non-hydrogen) atoms. The van der Waals surface area contributed by atoms with Crippen molar-refractivity contribution in [3.8, 4) is 0 Å². The highest BCUT2D eigenvalue weighted by Crippen LogP contribution is 2.42. The van der Waals surface area contributed by atoms with Gasteiger partial charge in [-0.2, -0.15) is 0 Å². The van der Waals surface area contributed by atoms with Crippen LogP contribution >= 0.6 is 21.6 Å². The third kappa shape index (κ3) is 4.48. The van der Waals surface area contributed by atoms with Crippen LogP contribution in [0.15, 0.2) is 22.0 Å². The van der Waals surface area contributed by atoms with Crippen molar-refractivity contribution in [1.82, 2.24) is 0 Å². The standard InChI is InChI=1S/C12H22O2S2Si/c1-12(2,3)17(4,5)14-9-11-7-6-10(8-13)15-16-11/h6-7,13H,8-9H2,1-5H3. The van der Waals surface area contributed by atoms with E-state index >= 15 is 0 Å². The minimum absolute atomic E-state index is 0.130. The molecule has 1 aliphatic rings. The lowest BCUT2D eigenvalue weighted by Crippen LogP contribution is -2.41. The summed E-state index contributed by atoms with van der Waals surface area (Å²) < 4.78 is 6.15. The van der Waals surface area contributed by atoms with E-state index in [1.165, 1.54) is 4.91 Å². The number of allylic oxidation sites excluding steroid dienone is 2. The van der Waals surface area contributed by atoms with Crippen molar-refractivity contribution in [2.24, 2.45) is 0 Å². The van der Waals surface area contributed by atoms with Crippen molar-refractivity contribution in [2.75, 3.05) is 13.2 Å². The van der Waals surface area contributed by atoms with Crippen LogP contribution in [0.25, 0.3) is 0 Å². The van der Waals surface area contributed by atoms with Crippen molar-refractivity contribution in [1.29, 1.82) is 0 Å². The Balaban J connectivity index is 2.53. The van der Waals surface area contributed by atoms with E-state index in [4.69, 9.17) is 9.53 Å². The van der Waals surface area contributed by atoms with Crippen LogP contribution < -0.4 is 0 Å². The maximum absolute atomic E-state index is 8.99. The Morgan fingerprint density at radius 3 is 2.12 bits per heavy atom. The van der Waals surface area contributed by atoms with E-state index in [9.17, 15) is 0 Å². The van der Waals surface area contributed by atoms with Gasteiger partial charge in [-0.1, -0.05) is 42.4 Å². The van der Waals surface area contributed by atoms with Gasteiger partial charge < -0.3 is 9.53 Å². The Morgan fingerprint density at radius 2 is 1.71 bits per heavy atom. The molecule has 0 aromatic carbocycles. The largest absolute Gasteiger partial charge is 0.412 e. The average Bonchev–Trinajstić information content (AvgIpc) is 2.25. The first-order valence-corrected chi connectivity index (χ1v) is 10.8. The van der Waals surface area contributed by atoms with Crippen LogP contribution in [-0.2, 0) is 4.43 Å². The van der Waals surface area contributed by atoms with Gasteiger partial charge in [0.05, 0.1) is 13.2 Å². The van der Waals surface area contributed by atoms with Gasteiger partial charge in [-0.25, -0.2) is 0 Å². The molecule has 0 atom stereocenters. The summed E-state index contributed by atoms with van der Waals surface area (Å²) in [6, 6.07) is 0. The second-order valence-electron chi connectivity index (χ2n) is 5.64. The van der Waals surface area contributed by atoms with E-state index in [-0.39, 0.29) is 11.6 Å². The molecular weight excluding hydrogens is 268 g/mol. The zero-order chi connectivity index (χ0) is 13.1. The SMILES string of the molecule is CC(C)(C)[Si](C)(C)OCC1=CC=C(CO)SS1. The first-order chi connectivity index (χ1) is 7.76. The fraction of sp³-hybridized carbons (Fsp3) is 0.667. The first-order valence-electron chi connectivity index (χ1n) is 5.75. The van der Waals surface area contributed by atoms with E-state index in [1.807, 2.05) is 6.08 Å². The average molecular weight is 291 g/mol. The lowest BCUT2D eigenvalue weighted by molar-refractivity contribution is 0.325. The Kier molecular flexibility index (Phi) is 5.40. The lowest BCUT2D eigenvalue weighted by atomic mass is 10.2. The molecule has 0 unspecified atom stereocenters. The maximum Gasteiger partial charge on any atom is 0.192 e. The van der Waals surface area contributed by atoms with Gasteiger partial charge in [0.15, 0.2) is 8.32 Å². The summed E-state index contributed by atoms with van der Waals surface area (Å²) in [4.78, 5) is 2.24. The molecule has 1 aliphatic heterocycles. The summed E-state index contributed by atoms with van der Waals surface area (Å²) in [6.45, 7) is 12.1. The molecule has 0 radical (unpaired) electrons. The maximum atomic E-state index is 8.99. The van der Waals surface area contributed by atoms with Gasteiger partial charge in [-0.05, 0) is 30.3 Å². The molecule has 0 fully saturated rings. The number of aliphatic hydroxyl groups excluding tert-OH is 1. The minimum Gasteiger partial charge on any atom is -0.412 e. The fourth-order valence-corrected chi connectivity index (χ4v) is 3.92. The van der Waals surface area contributed by atoms with E-state index in [2.05, 4.69) is 39.9 Å². The summed E-state index contributed by atoms with van der Waals surface area (Å²) in [5.41, 5.74) is 0. The van der Waals surface area contributed by atoms with Crippen molar-refractivity contribution >= 4 is 29.9 Å². The Hall–Kier alpha value is 0.317. The summed E-state index contributed by atoms with van der Waals surface area (Å²) in [5, 5.41) is 9.24. The van der Waals surface area contributed by atoms with Gasteiger partial charge in [0, 0.05) is 9.81 Å². The highest BCUT2D eigenvalue weighted by atomic mass is 33.1. The molecule has 0 amide bonds. The molecule has 0 bridgehead atoms. The molecule has 0 aliphatic carbocycles. The van der Waals surface area contributed by atoms with Crippen molar-refractivity contribution in [3.05, 3.63) is 22.0 Å². The van der Waals surface area contributed by atoms with Crippen LogP contribution in [0.1, 0.15) is 20.8 Å². The van der Waals surface area contributed by atoms with Crippen LogP contribution in [-0.4, -0.2) is 26.6 Å². The molecule has 0 saturated heterocycles. The third-order valence-electron chi connectivity index (χ3n) is 3.25. The predicted molar refractivity (Wildman–Crippen MR) is 81.6 cm³/mol. The van der Waals surface area contributed by atoms with Crippen LogP contribution in [0.2, 0.25) is 18.1 Å². The van der Waals surface area contributed by atoms with Gasteiger partial charge in [-0.3, -0.25) is 0 Å². The minimum atomic E-state index is -1.65. The molecule has 1 heterocycles. The van der Waals surface area contributed by atoms with Gasteiger partial charge in [0.2, 0.25) is 0 Å². The predicted octanol–water partition coefficient (Wildman–Crippen LogP) is 4.16. The van der Waals surface area contributed by atoms with E-state index < -0.39 is 8.32 Å². The second-order valence-corrected chi connectivity index (χ2v) is 12.8. The topological polar surface area (TPSA) is 29.5 Å². The molecule has 0 saturated carbocycles. The first kappa shape index (κ1) is 15.4. The van der Waals surface area contributed by atoms with Gasteiger partial charge in [-0.15, -0.1) is 0 Å². The van der Waals surface area contributed by atoms with Gasteiger partial charge in [0.25, 0.3) is 0 Å². The highest BCUT2D eigenvalue weighted by molar-refractivity contribution is 8.79. The molecule has 1 rings (SSSR count). The smallest absolute Gasteiger partial charge is 0.192 e. The van der Waals surface area contributed by atoms with Crippen LogP contribution in [0.3, 0.4) is 0 Å². The summed E-state index contributed by atoms with van der Waals surface area (Å²) >= 11 is 0. The molecule has 0 aromatic heterocycles. The fourth-order valence-electron chi connectivity index (χ4n) is 0.968. The van der Waals surface area contributed by atoms with Crippen LogP contribution in [0.4, 0.5) is 0 Å². The Morgan fingerprint density at radius 1 is 1.18 bits per heavy atom. The van der Waals surface area contributed by atoms with Crippen LogP contribution in [0, 0.1) is 0 Å². The molecule has 1 N–H and O–H groups in total. The molecule has 0 aromatic rings. The summed E-state index contributed by atoms with van der Waals surface area (Å²) in [7, 11) is 1.67. The lowest BCUT2D eigenvalue weighted by Gasteiger charge is -2.36. The Labute approximate surface area is 113 Å². The van der Waals surface area contributed by atoms with Crippen molar-refractivity contribution in [2.45, 2.75) is 38.9 Å².